The predicted octanol–water partition coefficient (Wildman–Crippen LogP) is 7.31. The highest BCUT2D eigenvalue weighted by Crippen LogP contribution is 2.42. The van der Waals surface area contributed by atoms with Crippen molar-refractivity contribution in [1.29, 1.82) is 0 Å². The molecule has 1 aromatic heterocycles. The summed E-state index contributed by atoms with van der Waals surface area (Å²) in [6.45, 7) is 0. The zero-order valence-corrected chi connectivity index (χ0v) is 22.1. The molecule has 0 atom stereocenters. The first-order valence-corrected chi connectivity index (χ1v) is 12.7. The van der Waals surface area contributed by atoms with Gasteiger partial charge in [-0.2, -0.15) is 0 Å². The number of nitrogens with one attached hydrogen (secondary N) is 4. The van der Waals surface area contributed by atoms with Gasteiger partial charge in [-0.15, -0.1) is 0 Å². The fraction of sp³-hybridized carbons (Fsp3) is 0.125. The van der Waals surface area contributed by atoms with Crippen molar-refractivity contribution in [3.63, 3.8) is 0 Å². The minimum atomic E-state index is 0.809. The first-order chi connectivity index (χ1) is 18.7. The van der Waals surface area contributed by atoms with E-state index >= 15 is 0 Å². The maximum atomic E-state index is 5.44. The van der Waals surface area contributed by atoms with Crippen LogP contribution in [0.25, 0.3) is 45.0 Å². The van der Waals surface area contributed by atoms with Crippen molar-refractivity contribution in [3.8, 4) is 45.0 Å². The van der Waals surface area contributed by atoms with E-state index in [0.717, 1.165) is 67.8 Å². The van der Waals surface area contributed by atoms with Crippen molar-refractivity contribution < 1.29 is 0 Å². The Morgan fingerprint density at radius 2 is 0.816 bits per heavy atom. The number of anilines is 4. The molecule has 0 fully saturated rings. The average molecular weight is 501 g/mol. The molecule has 6 nitrogen and oxygen atoms in total. The Hall–Kier alpha value is -4.84. The summed E-state index contributed by atoms with van der Waals surface area (Å²) in [7, 11) is 7.72. The van der Waals surface area contributed by atoms with Crippen molar-refractivity contribution in [1.82, 2.24) is 9.97 Å². The van der Waals surface area contributed by atoms with Gasteiger partial charge >= 0.3 is 0 Å². The van der Waals surface area contributed by atoms with Crippen LogP contribution in [-0.2, 0) is 0 Å². The molecule has 0 saturated heterocycles. The van der Waals surface area contributed by atoms with Gasteiger partial charge < -0.3 is 21.3 Å². The molecule has 0 radical (unpaired) electrons. The average Bonchev–Trinajstić information content (AvgIpc) is 3.00. The molecule has 190 valence electrons. The predicted molar refractivity (Wildman–Crippen MR) is 162 cm³/mol. The molecule has 1 heterocycles. The SMILES string of the molecule is CNc1ccc(NC)c(-c2nc(-c3cc(NC)ccc3NC)c(-c3ccccc3)nc2-c2ccccc2)c1. The third kappa shape index (κ3) is 4.76. The summed E-state index contributed by atoms with van der Waals surface area (Å²) in [6, 6.07) is 33.0. The first-order valence-electron chi connectivity index (χ1n) is 12.7. The molecule has 5 aromatic rings. The summed E-state index contributed by atoms with van der Waals surface area (Å²) in [4.78, 5) is 10.8. The fourth-order valence-corrected chi connectivity index (χ4v) is 4.63. The van der Waals surface area contributed by atoms with Gasteiger partial charge in [-0.05, 0) is 36.4 Å². The first kappa shape index (κ1) is 24.8. The molecule has 0 aliphatic rings. The van der Waals surface area contributed by atoms with Crippen molar-refractivity contribution in [2.75, 3.05) is 49.5 Å². The molecule has 38 heavy (non-hydrogen) atoms. The molecule has 0 aliphatic carbocycles. The van der Waals surface area contributed by atoms with Crippen molar-refractivity contribution in [3.05, 3.63) is 97.1 Å². The number of hydrogen-bond donors (Lipinski definition) is 4. The Balaban J connectivity index is 1.92. The van der Waals surface area contributed by atoms with E-state index in [1.165, 1.54) is 0 Å². The Labute approximate surface area is 224 Å². The normalized spacial score (nSPS) is 10.6. The van der Waals surface area contributed by atoms with Crippen LogP contribution >= 0.6 is 0 Å². The highest BCUT2D eigenvalue weighted by molar-refractivity contribution is 5.93. The summed E-state index contributed by atoms with van der Waals surface area (Å²) < 4.78 is 0. The van der Waals surface area contributed by atoms with E-state index in [9.17, 15) is 0 Å². The van der Waals surface area contributed by atoms with Crippen molar-refractivity contribution in [2.24, 2.45) is 0 Å². The standard InChI is InChI=1S/C32H32N6/c1-33-23-15-17-27(35-3)25(19-23)31-29(21-11-7-5-8-12-21)37-30(22-13-9-6-10-14-22)32(38-31)26-20-24(34-2)16-18-28(26)36-4/h5-20,33-36H,1-4H3. The van der Waals surface area contributed by atoms with Gasteiger partial charge in [0.1, 0.15) is 0 Å². The van der Waals surface area contributed by atoms with Crippen LogP contribution in [0.15, 0.2) is 97.1 Å². The van der Waals surface area contributed by atoms with E-state index in [-0.39, 0.29) is 0 Å². The molecule has 4 aromatic carbocycles. The Kier molecular flexibility index (Phi) is 7.22. The van der Waals surface area contributed by atoms with Crippen LogP contribution in [0.5, 0.6) is 0 Å². The number of hydrogen-bond acceptors (Lipinski definition) is 6. The number of aromatic nitrogens is 2. The van der Waals surface area contributed by atoms with Crippen LogP contribution in [0.4, 0.5) is 22.7 Å². The monoisotopic (exact) mass is 500 g/mol. The highest BCUT2D eigenvalue weighted by Gasteiger charge is 2.22. The number of rotatable bonds is 8. The molecular weight excluding hydrogens is 468 g/mol. The molecule has 0 bridgehead atoms. The molecule has 4 N–H and O–H groups in total. The van der Waals surface area contributed by atoms with E-state index in [1.54, 1.807) is 0 Å². The van der Waals surface area contributed by atoms with Crippen LogP contribution in [0.3, 0.4) is 0 Å². The lowest BCUT2D eigenvalue weighted by Gasteiger charge is -2.20. The highest BCUT2D eigenvalue weighted by atomic mass is 14.9. The summed E-state index contributed by atoms with van der Waals surface area (Å²) in [5.74, 6) is 0. The second kappa shape index (κ2) is 11.0. The van der Waals surface area contributed by atoms with E-state index in [0.29, 0.717) is 0 Å². The molecule has 0 amide bonds. The second-order valence-electron chi connectivity index (χ2n) is 8.87. The van der Waals surface area contributed by atoms with Gasteiger partial charge in [-0.3, -0.25) is 0 Å². The van der Waals surface area contributed by atoms with Gasteiger partial charge in [0.25, 0.3) is 0 Å². The lowest BCUT2D eigenvalue weighted by molar-refractivity contribution is 1.21. The zero-order valence-electron chi connectivity index (χ0n) is 22.1. The lowest BCUT2D eigenvalue weighted by atomic mass is 9.97. The van der Waals surface area contributed by atoms with Gasteiger partial charge in [0.05, 0.1) is 22.8 Å². The van der Waals surface area contributed by atoms with Crippen LogP contribution in [-0.4, -0.2) is 38.2 Å². The molecule has 0 saturated carbocycles. The summed E-state index contributed by atoms with van der Waals surface area (Å²) in [5, 5.41) is 13.2. The summed E-state index contributed by atoms with van der Waals surface area (Å²) in [5.41, 5.74) is 11.2. The van der Waals surface area contributed by atoms with Crippen LogP contribution in [0.1, 0.15) is 0 Å². The Morgan fingerprint density at radius 3 is 1.18 bits per heavy atom. The minimum absolute atomic E-state index is 0.809. The molecule has 0 spiro atoms. The van der Waals surface area contributed by atoms with Gasteiger partial charge in [0.15, 0.2) is 0 Å². The van der Waals surface area contributed by atoms with E-state index in [2.05, 4.69) is 81.9 Å². The smallest absolute Gasteiger partial charge is 0.0994 e. The van der Waals surface area contributed by atoms with Gasteiger partial charge in [-0.1, -0.05) is 60.7 Å². The van der Waals surface area contributed by atoms with Gasteiger partial charge in [-0.25, -0.2) is 9.97 Å². The Morgan fingerprint density at radius 1 is 0.421 bits per heavy atom. The van der Waals surface area contributed by atoms with Crippen LogP contribution in [0, 0.1) is 0 Å². The maximum absolute atomic E-state index is 5.44. The van der Waals surface area contributed by atoms with Crippen LogP contribution in [0.2, 0.25) is 0 Å². The Bertz CT molecular complexity index is 1430. The topological polar surface area (TPSA) is 73.9 Å². The lowest BCUT2D eigenvalue weighted by Crippen LogP contribution is -2.04. The van der Waals surface area contributed by atoms with Gasteiger partial charge in [0.2, 0.25) is 0 Å². The van der Waals surface area contributed by atoms with Gasteiger partial charge in [0, 0.05) is 73.2 Å². The second-order valence-corrected chi connectivity index (χ2v) is 8.87. The fourth-order valence-electron chi connectivity index (χ4n) is 4.63. The van der Waals surface area contributed by atoms with E-state index < -0.39 is 0 Å². The summed E-state index contributed by atoms with van der Waals surface area (Å²) >= 11 is 0. The summed E-state index contributed by atoms with van der Waals surface area (Å²) in [6.07, 6.45) is 0. The molecule has 5 rings (SSSR count). The number of nitrogens with zero attached hydrogens (tertiary/aromatic N) is 2. The largest absolute Gasteiger partial charge is 0.388 e. The number of benzene rings is 4. The van der Waals surface area contributed by atoms with Crippen LogP contribution < -0.4 is 21.3 Å². The van der Waals surface area contributed by atoms with E-state index in [4.69, 9.17) is 9.97 Å². The zero-order chi connectivity index (χ0) is 26.5. The molecule has 6 heteroatoms. The molecule has 0 unspecified atom stereocenters. The minimum Gasteiger partial charge on any atom is -0.388 e. The van der Waals surface area contributed by atoms with Crippen molar-refractivity contribution >= 4 is 22.7 Å². The van der Waals surface area contributed by atoms with E-state index in [1.807, 2.05) is 64.6 Å². The molecular formula is C32H32N6. The van der Waals surface area contributed by atoms with Crippen molar-refractivity contribution in [2.45, 2.75) is 0 Å². The third-order valence-electron chi connectivity index (χ3n) is 6.66. The third-order valence-corrected chi connectivity index (χ3v) is 6.66. The quantitative estimate of drug-likeness (QED) is 0.179. The maximum Gasteiger partial charge on any atom is 0.0994 e. The molecule has 0 aliphatic heterocycles.